The zero-order chi connectivity index (χ0) is 23.2. The first-order valence-electron chi connectivity index (χ1n) is 10.0. The van der Waals surface area contributed by atoms with Gasteiger partial charge >= 0.3 is 0 Å². The zero-order valence-electron chi connectivity index (χ0n) is 17.7. The third-order valence-corrected chi connectivity index (χ3v) is 5.48. The molecule has 0 radical (unpaired) electrons. The Kier molecular flexibility index (Phi) is 5.29. The molecule has 0 aliphatic carbocycles. The van der Waals surface area contributed by atoms with Crippen LogP contribution in [-0.4, -0.2) is 48.8 Å². The molecule has 166 valence electrons. The van der Waals surface area contributed by atoms with Gasteiger partial charge in [-0.05, 0) is 30.2 Å². The second-order valence-corrected chi connectivity index (χ2v) is 7.96. The number of non-ortho nitro benzene ring substituents is 1. The van der Waals surface area contributed by atoms with Crippen LogP contribution in [-0.2, 0) is 9.59 Å². The van der Waals surface area contributed by atoms with E-state index in [0.29, 0.717) is 22.7 Å². The molecule has 0 N–H and O–H groups in total. The first-order valence-corrected chi connectivity index (χ1v) is 10.0. The van der Waals surface area contributed by atoms with Crippen molar-refractivity contribution in [3.63, 3.8) is 0 Å². The standard InChI is InChI=1S/C22H21N3O7/c1-12(2)21-22(28)24(15-6-5-14(25(29)30)9-19(15)32-21)10-17(26)13-4-7-18-16(8-13)23(3)20(27)11-31-18/h4-9,12,21H,10-11H2,1-3H3. The summed E-state index contributed by atoms with van der Waals surface area (Å²) in [5.41, 5.74) is 0.892. The van der Waals surface area contributed by atoms with E-state index in [9.17, 15) is 24.5 Å². The molecule has 2 aliphatic rings. The summed E-state index contributed by atoms with van der Waals surface area (Å²) in [5.74, 6) is -0.545. The van der Waals surface area contributed by atoms with Crippen molar-refractivity contribution in [3.8, 4) is 11.5 Å². The van der Waals surface area contributed by atoms with Crippen molar-refractivity contribution in [3.05, 3.63) is 52.1 Å². The molecule has 0 fully saturated rings. The van der Waals surface area contributed by atoms with E-state index in [4.69, 9.17) is 9.47 Å². The lowest BCUT2D eigenvalue weighted by atomic mass is 10.0. The smallest absolute Gasteiger partial charge is 0.273 e. The molecule has 1 atom stereocenters. The van der Waals surface area contributed by atoms with Crippen LogP contribution in [0.25, 0.3) is 0 Å². The number of ether oxygens (including phenoxy) is 2. The summed E-state index contributed by atoms with van der Waals surface area (Å²) in [4.78, 5) is 51.4. The Balaban J connectivity index is 1.67. The quantitative estimate of drug-likeness (QED) is 0.399. The molecule has 10 heteroatoms. The van der Waals surface area contributed by atoms with E-state index in [0.717, 1.165) is 0 Å². The Morgan fingerprint density at radius 3 is 2.59 bits per heavy atom. The SMILES string of the molecule is CC(C)C1Oc2cc([N+](=O)[O-])ccc2N(CC(=O)c2ccc3c(c2)N(C)C(=O)CO3)C1=O. The number of likely N-dealkylation sites (N-methyl/N-ethyl adjacent to an activating group) is 1. The molecule has 10 nitrogen and oxygen atoms in total. The van der Waals surface area contributed by atoms with Crippen molar-refractivity contribution in [1.29, 1.82) is 0 Å². The van der Waals surface area contributed by atoms with Crippen LogP contribution in [0.5, 0.6) is 11.5 Å². The summed E-state index contributed by atoms with van der Waals surface area (Å²) in [6.07, 6.45) is -0.877. The van der Waals surface area contributed by atoms with Gasteiger partial charge in [0.25, 0.3) is 17.5 Å². The Labute approximate surface area is 183 Å². The highest BCUT2D eigenvalue weighted by molar-refractivity contribution is 6.09. The first kappa shape index (κ1) is 21.3. The fourth-order valence-corrected chi connectivity index (χ4v) is 3.66. The van der Waals surface area contributed by atoms with Gasteiger partial charge in [0.2, 0.25) is 0 Å². The van der Waals surface area contributed by atoms with Crippen molar-refractivity contribution in [1.82, 2.24) is 0 Å². The lowest BCUT2D eigenvalue weighted by Crippen LogP contribution is -2.50. The molecule has 0 aromatic heterocycles. The minimum absolute atomic E-state index is 0.0708. The number of nitro benzene ring substituents is 1. The minimum atomic E-state index is -0.877. The number of amides is 2. The van der Waals surface area contributed by atoms with Crippen LogP contribution in [0, 0.1) is 16.0 Å². The van der Waals surface area contributed by atoms with E-state index in [1.807, 2.05) is 0 Å². The van der Waals surface area contributed by atoms with E-state index in [1.54, 1.807) is 39.1 Å². The van der Waals surface area contributed by atoms with Crippen molar-refractivity contribution in [2.75, 3.05) is 30.0 Å². The van der Waals surface area contributed by atoms with Crippen LogP contribution >= 0.6 is 0 Å². The Hall–Kier alpha value is -3.95. The molecular formula is C22H21N3O7. The molecule has 2 aromatic rings. The van der Waals surface area contributed by atoms with Gasteiger partial charge in [-0.15, -0.1) is 0 Å². The molecule has 1 unspecified atom stereocenters. The van der Waals surface area contributed by atoms with Gasteiger partial charge in [0.05, 0.1) is 28.9 Å². The van der Waals surface area contributed by atoms with E-state index >= 15 is 0 Å². The van der Waals surface area contributed by atoms with Gasteiger partial charge in [0, 0.05) is 18.7 Å². The van der Waals surface area contributed by atoms with Gasteiger partial charge in [0.1, 0.15) is 5.75 Å². The predicted molar refractivity (Wildman–Crippen MR) is 114 cm³/mol. The zero-order valence-corrected chi connectivity index (χ0v) is 17.7. The lowest BCUT2D eigenvalue weighted by Gasteiger charge is -2.35. The van der Waals surface area contributed by atoms with Gasteiger partial charge in [-0.3, -0.25) is 29.4 Å². The van der Waals surface area contributed by atoms with Crippen LogP contribution in [0.2, 0.25) is 0 Å². The summed E-state index contributed by atoms with van der Waals surface area (Å²) in [6.45, 7) is 3.23. The normalized spacial score (nSPS) is 17.4. The number of fused-ring (bicyclic) bond motifs is 2. The number of ketones is 1. The van der Waals surface area contributed by atoms with E-state index in [-0.39, 0.29) is 42.2 Å². The van der Waals surface area contributed by atoms with Gasteiger partial charge in [0.15, 0.2) is 24.2 Å². The highest BCUT2D eigenvalue weighted by atomic mass is 16.6. The molecule has 2 aliphatic heterocycles. The molecule has 32 heavy (non-hydrogen) atoms. The summed E-state index contributed by atoms with van der Waals surface area (Å²) in [6, 6.07) is 8.66. The average Bonchev–Trinajstić information content (AvgIpc) is 2.77. The summed E-state index contributed by atoms with van der Waals surface area (Å²) in [5, 5.41) is 11.2. The van der Waals surface area contributed by atoms with Gasteiger partial charge in [-0.25, -0.2) is 0 Å². The van der Waals surface area contributed by atoms with Crippen LogP contribution in [0.3, 0.4) is 0 Å². The Morgan fingerprint density at radius 2 is 1.91 bits per heavy atom. The maximum absolute atomic E-state index is 13.1. The van der Waals surface area contributed by atoms with Crippen molar-refractivity contribution < 1.29 is 28.8 Å². The molecule has 4 rings (SSSR count). The average molecular weight is 439 g/mol. The lowest BCUT2D eigenvalue weighted by molar-refractivity contribution is -0.384. The second-order valence-electron chi connectivity index (χ2n) is 7.96. The molecule has 0 spiro atoms. The number of rotatable bonds is 5. The fourth-order valence-electron chi connectivity index (χ4n) is 3.66. The Morgan fingerprint density at radius 1 is 1.16 bits per heavy atom. The Bertz CT molecular complexity index is 1140. The largest absolute Gasteiger partial charge is 0.482 e. The number of hydrogen-bond acceptors (Lipinski definition) is 7. The maximum Gasteiger partial charge on any atom is 0.273 e. The maximum atomic E-state index is 13.1. The minimum Gasteiger partial charge on any atom is -0.482 e. The van der Waals surface area contributed by atoms with Crippen molar-refractivity contribution >= 4 is 34.7 Å². The molecule has 0 bridgehead atoms. The summed E-state index contributed by atoms with van der Waals surface area (Å²) >= 11 is 0. The number of carbonyl (C=O) groups is 3. The monoisotopic (exact) mass is 439 g/mol. The van der Waals surface area contributed by atoms with Crippen molar-refractivity contribution in [2.24, 2.45) is 5.92 Å². The molecule has 0 saturated carbocycles. The highest BCUT2D eigenvalue weighted by Crippen LogP contribution is 2.39. The number of carbonyl (C=O) groups excluding carboxylic acids is 3. The predicted octanol–water partition coefficient (Wildman–Crippen LogP) is 2.58. The number of Topliss-reactive ketones (excluding diaryl/α,β-unsaturated/α-hetero) is 1. The van der Waals surface area contributed by atoms with Crippen LogP contribution in [0.1, 0.15) is 24.2 Å². The number of anilines is 2. The molecule has 2 aromatic carbocycles. The van der Waals surface area contributed by atoms with Gasteiger partial charge < -0.3 is 14.4 Å². The number of hydrogen-bond donors (Lipinski definition) is 0. The number of nitrogens with zero attached hydrogens (tertiary/aromatic N) is 3. The molecule has 0 saturated heterocycles. The van der Waals surface area contributed by atoms with Crippen LogP contribution in [0.4, 0.5) is 17.1 Å². The first-order chi connectivity index (χ1) is 15.2. The van der Waals surface area contributed by atoms with Gasteiger partial charge in [-0.1, -0.05) is 13.8 Å². The van der Waals surface area contributed by atoms with Crippen LogP contribution < -0.4 is 19.3 Å². The third-order valence-electron chi connectivity index (χ3n) is 5.48. The van der Waals surface area contributed by atoms with Gasteiger partial charge in [-0.2, -0.15) is 0 Å². The molecule has 2 amide bonds. The molecular weight excluding hydrogens is 418 g/mol. The van der Waals surface area contributed by atoms with Crippen LogP contribution in [0.15, 0.2) is 36.4 Å². The fraction of sp³-hybridized carbons (Fsp3) is 0.318. The number of benzene rings is 2. The topological polar surface area (TPSA) is 119 Å². The van der Waals surface area contributed by atoms with E-state index in [2.05, 4.69) is 0 Å². The van der Waals surface area contributed by atoms with E-state index < -0.39 is 16.9 Å². The third kappa shape index (κ3) is 3.64. The second kappa shape index (κ2) is 7.95. The van der Waals surface area contributed by atoms with Crippen molar-refractivity contribution in [2.45, 2.75) is 20.0 Å². The highest BCUT2D eigenvalue weighted by Gasteiger charge is 2.38. The van der Waals surface area contributed by atoms with E-state index in [1.165, 1.54) is 28.0 Å². The summed E-state index contributed by atoms with van der Waals surface area (Å²) in [7, 11) is 1.60. The molecule has 2 heterocycles. The number of nitro groups is 1. The summed E-state index contributed by atoms with van der Waals surface area (Å²) < 4.78 is 11.1.